The van der Waals surface area contributed by atoms with Gasteiger partial charge in [0.05, 0.1) is 12.2 Å². The molecule has 0 aliphatic carbocycles. The summed E-state index contributed by atoms with van der Waals surface area (Å²) in [6.07, 6.45) is -3.78. The van der Waals surface area contributed by atoms with E-state index in [1.54, 1.807) is 6.92 Å². The van der Waals surface area contributed by atoms with Crippen molar-refractivity contribution in [3.63, 3.8) is 0 Å². The van der Waals surface area contributed by atoms with E-state index in [0.717, 1.165) is 6.07 Å². The summed E-state index contributed by atoms with van der Waals surface area (Å²) in [6.45, 7) is 2.87. The van der Waals surface area contributed by atoms with Crippen molar-refractivity contribution in [2.24, 2.45) is 5.92 Å². The third kappa shape index (κ3) is 4.47. The predicted octanol–water partition coefficient (Wildman–Crippen LogP) is 3.41. The number of nitrogens with zero attached hydrogens (tertiary/aromatic N) is 3. The minimum Gasteiger partial charge on any atom is -0.493 e. The lowest BCUT2D eigenvalue weighted by atomic mass is 10.1. The number of halogens is 3. The van der Waals surface area contributed by atoms with E-state index in [2.05, 4.69) is 9.97 Å². The van der Waals surface area contributed by atoms with E-state index in [0.29, 0.717) is 31.2 Å². The standard InChI is InChI=1S/C18H18F3N3O3/c1-11-8-14(16(25)26)23-17(22-11)24-7-6-12(9-24)10-27-15-5-3-2-4-13(15)18(19,20)21/h2-5,8,12H,6-7,9-10H2,1H3,(H,25,26)/t12-/m0/s1. The van der Waals surface area contributed by atoms with Gasteiger partial charge in [0.2, 0.25) is 5.95 Å². The highest BCUT2D eigenvalue weighted by Gasteiger charge is 2.34. The van der Waals surface area contributed by atoms with Gasteiger partial charge in [-0.1, -0.05) is 12.1 Å². The number of carbonyl (C=O) groups is 1. The van der Waals surface area contributed by atoms with E-state index < -0.39 is 17.7 Å². The third-order valence-electron chi connectivity index (χ3n) is 4.30. The maximum Gasteiger partial charge on any atom is 0.419 e. The Bertz CT molecular complexity index is 842. The van der Waals surface area contributed by atoms with Gasteiger partial charge >= 0.3 is 12.1 Å². The molecule has 3 rings (SSSR count). The van der Waals surface area contributed by atoms with Gasteiger partial charge in [0.1, 0.15) is 5.75 Å². The first-order valence-corrected chi connectivity index (χ1v) is 8.37. The Morgan fingerprint density at radius 3 is 2.78 bits per heavy atom. The van der Waals surface area contributed by atoms with Crippen molar-refractivity contribution in [3.05, 3.63) is 47.3 Å². The van der Waals surface area contributed by atoms with Crippen molar-refractivity contribution < 1.29 is 27.8 Å². The van der Waals surface area contributed by atoms with Crippen LogP contribution in [0.5, 0.6) is 5.75 Å². The zero-order chi connectivity index (χ0) is 19.6. The minimum absolute atomic E-state index is 0.0105. The van der Waals surface area contributed by atoms with Crippen LogP contribution in [0.4, 0.5) is 19.1 Å². The van der Waals surface area contributed by atoms with E-state index >= 15 is 0 Å². The van der Waals surface area contributed by atoms with Gasteiger partial charge in [0.25, 0.3) is 0 Å². The summed E-state index contributed by atoms with van der Waals surface area (Å²) < 4.78 is 44.5. The molecule has 1 aromatic heterocycles. The molecular weight excluding hydrogens is 363 g/mol. The highest BCUT2D eigenvalue weighted by molar-refractivity contribution is 5.85. The second-order valence-corrected chi connectivity index (χ2v) is 6.41. The molecule has 2 aromatic rings. The molecule has 0 saturated carbocycles. The topological polar surface area (TPSA) is 75.5 Å². The lowest BCUT2D eigenvalue weighted by molar-refractivity contribution is -0.139. The number of anilines is 1. The average Bonchev–Trinajstić information content (AvgIpc) is 3.08. The van der Waals surface area contributed by atoms with Crippen LogP contribution in [0.2, 0.25) is 0 Å². The predicted molar refractivity (Wildman–Crippen MR) is 91.0 cm³/mol. The number of hydrogen-bond acceptors (Lipinski definition) is 5. The van der Waals surface area contributed by atoms with E-state index in [9.17, 15) is 18.0 Å². The molecule has 1 saturated heterocycles. The van der Waals surface area contributed by atoms with Gasteiger partial charge in [-0.25, -0.2) is 14.8 Å². The Hall–Kier alpha value is -2.84. The number of aromatic nitrogens is 2. The number of aryl methyl sites for hydroxylation is 1. The molecule has 0 bridgehead atoms. The minimum atomic E-state index is -4.47. The van der Waals surface area contributed by atoms with E-state index in [1.165, 1.54) is 24.3 Å². The molecule has 0 amide bonds. The molecule has 6 nitrogen and oxygen atoms in total. The Balaban J connectivity index is 1.66. The van der Waals surface area contributed by atoms with Gasteiger partial charge in [0, 0.05) is 24.7 Å². The number of carboxylic acid groups (broad SMARTS) is 1. The van der Waals surface area contributed by atoms with Gasteiger partial charge in [-0.05, 0) is 31.5 Å². The molecule has 1 aromatic carbocycles. The average molecular weight is 381 g/mol. The van der Waals surface area contributed by atoms with Crippen molar-refractivity contribution in [2.75, 3.05) is 24.6 Å². The Kier molecular flexibility index (Phi) is 5.20. The van der Waals surface area contributed by atoms with Crippen LogP contribution >= 0.6 is 0 Å². The molecule has 2 heterocycles. The number of alkyl halides is 3. The van der Waals surface area contributed by atoms with E-state index in [4.69, 9.17) is 9.84 Å². The normalized spacial score (nSPS) is 17.2. The van der Waals surface area contributed by atoms with Crippen molar-refractivity contribution in [1.29, 1.82) is 0 Å². The molecule has 0 unspecified atom stereocenters. The van der Waals surface area contributed by atoms with Gasteiger partial charge in [-0.15, -0.1) is 0 Å². The zero-order valence-corrected chi connectivity index (χ0v) is 14.5. The first kappa shape index (κ1) is 18.9. The number of ether oxygens (including phenoxy) is 1. The molecule has 1 N–H and O–H groups in total. The molecule has 1 aliphatic heterocycles. The smallest absolute Gasteiger partial charge is 0.419 e. The fourth-order valence-corrected chi connectivity index (χ4v) is 2.99. The van der Waals surface area contributed by atoms with Crippen LogP contribution in [-0.2, 0) is 6.18 Å². The first-order chi connectivity index (χ1) is 12.7. The maximum absolute atomic E-state index is 13.0. The lowest BCUT2D eigenvalue weighted by Gasteiger charge is -2.18. The highest BCUT2D eigenvalue weighted by atomic mass is 19.4. The number of para-hydroxylation sites is 1. The molecular formula is C18H18F3N3O3. The fraction of sp³-hybridized carbons (Fsp3) is 0.389. The number of aromatic carboxylic acids is 1. The SMILES string of the molecule is Cc1cc(C(=O)O)nc(N2CC[C@H](COc3ccccc3C(F)(F)F)C2)n1. The van der Waals surface area contributed by atoms with Crippen LogP contribution in [-0.4, -0.2) is 40.7 Å². The molecule has 1 aliphatic rings. The fourth-order valence-electron chi connectivity index (χ4n) is 2.99. The summed E-state index contributed by atoms with van der Waals surface area (Å²) in [7, 11) is 0. The Morgan fingerprint density at radius 1 is 1.33 bits per heavy atom. The summed E-state index contributed by atoms with van der Waals surface area (Å²) in [5, 5.41) is 9.11. The van der Waals surface area contributed by atoms with E-state index in [-0.39, 0.29) is 24.0 Å². The molecule has 27 heavy (non-hydrogen) atoms. The van der Waals surface area contributed by atoms with Crippen LogP contribution in [0, 0.1) is 12.8 Å². The Labute approximate surface area is 153 Å². The summed E-state index contributed by atoms with van der Waals surface area (Å²) >= 11 is 0. The monoisotopic (exact) mass is 381 g/mol. The van der Waals surface area contributed by atoms with Gasteiger partial charge < -0.3 is 14.7 Å². The molecule has 0 radical (unpaired) electrons. The molecule has 1 fully saturated rings. The molecule has 1 atom stereocenters. The van der Waals surface area contributed by atoms with Crippen LogP contribution in [0.1, 0.15) is 28.2 Å². The summed E-state index contributed by atoms with van der Waals surface area (Å²) in [5.74, 6) is -1.03. The van der Waals surface area contributed by atoms with Crippen LogP contribution < -0.4 is 9.64 Å². The highest BCUT2D eigenvalue weighted by Crippen LogP contribution is 2.36. The van der Waals surface area contributed by atoms with Crippen LogP contribution in [0.3, 0.4) is 0 Å². The van der Waals surface area contributed by atoms with Crippen molar-refractivity contribution in [2.45, 2.75) is 19.5 Å². The quantitative estimate of drug-likeness (QED) is 0.856. The maximum atomic E-state index is 13.0. The molecule has 144 valence electrons. The number of benzene rings is 1. The van der Waals surface area contributed by atoms with E-state index in [1.807, 2.05) is 4.90 Å². The second-order valence-electron chi connectivity index (χ2n) is 6.41. The second kappa shape index (κ2) is 7.42. The van der Waals surface area contributed by atoms with Crippen molar-refractivity contribution >= 4 is 11.9 Å². The largest absolute Gasteiger partial charge is 0.493 e. The third-order valence-corrected chi connectivity index (χ3v) is 4.30. The molecule has 0 spiro atoms. The molecule has 9 heteroatoms. The number of hydrogen-bond donors (Lipinski definition) is 1. The van der Waals surface area contributed by atoms with Crippen molar-refractivity contribution in [3.8, 4) is 5.75 Å². The first-order valence-electron chi connectivity index (χ1n) is 8.37. The van der Waals surface area contributed by atoms with Gasteiger partial charge in [-0.3, -0.25) is 0 Å². The van der Waals surface area contributed by atoms with Crippen LogP contribution in [0.15, 0.2) is 30.3 Å². The van der Waals surface area contributed by atoms with Gasteiger partial charge in [0.15, 0.2) is 5.69 Å². The summed E-state index contributed by atoms with van der Waals surface area (Å²) in [6, 6.07) is 6.50. The van der Waals surface area contributed by atoms with Gasteiger partial charge in [-0.2, -0.15) is 13.2 Å². The lowest BCUT2D eigenvalue weighted by Crippen LogP contribution is -2.25. The number of rotatable bonds is 5. The summed E-state index contributed by atoms with van der Waals surface area (Å²) in [5.41, 5.74) is -0.347. The summed E-state index contributed by atoms with van der Waals surface area (Å²) in [4.78, 5) is 21.3. The number of carboxylic acids is 1. The zero-order valence-electron chi connectivity index (χ0n) is 14.5. The van der Waals surface area contributed by atoms with Crippen molar-refractivity contribution in [1.82, 2.24) is 9.97 Å². The van der Waals surface area contributed by atoms with Crippen LogP contribution in [0.25, 0.3) is 0 Å². The Morgan fingerprint density at radius 2 is 2.07 bits per heavy atom.